The monoisotopic (exact) mass is 280 g/mol. The number of hydrogen-bond donors (Lipinski definition) is 0. The van der Waals surface area contributed by atoms with Crippen LogP contribution in [0.4, 0.5) is 5.69 Å². The summed E-state index contributed by atoms with van der Waals surface area (Å²) >= 11 is 0. The predicted molar refractivity (Wildman–Crippen MR) is 83.0 cm³/mol. The van der Waals surface area contributed by atoms with E-state index in [4.69, 9.17) is 10.4 Å². The second-order valence-corrected chi connectivity index (χ2v) is 5.74. The third-order valence-corrected chi connectivity index (χ3v) is 4.18. The van der Waals surface area contributed by atoms with Gasteiger partial charge in [-0.05, 0) is 37.1 Å². The molecule has 0 saturated heterocycles. The highest BCUT2D eigenvalue weighted by molar-refractivity contribution is 5.50. The lowest BCUT2D eigenvalue weighted by Gasteiger charge is -2.18. The molecule has 0 bridgehead atoms. The largest absolute Gasteiger partial charge is 0.369 e. The van der Waals surface area contributed by atoms with E-state index in [1.165, 1.54) is 25.7 Å². The molecular weight excluding hydrogens is 260 g/mol. The van der Waals surface area contributed by atoms with Gasteiger partial charge in [0.2, 0.25) is 0 Å². The topological polar surface area (TPSA) is 44.9 Å². The molecule has 1 aromatic carbocycles. The van der Waals surface area contributed by atoms with Crippen LogP contribution in [0.5, 0.6) is 0 Å². The van der Waals surface area contributed by atoms with E-state index in [9.17, 15) is 0 Å². The van der Waals surface area contributed by atoms with Crippen LogP contribution in [-0.4, -0.2) is 16.8 Å². The summed E-state index contributed by atoms with van der Waals surface area (Å²) in [4.78, 5) is 2.13. The van der Waals surface area contributed by atoms with Gasteiger partial charge in [0.15, 0.2) is 0 Å². The first-order chi connectivity index (χ1) is 10.3. The lowest BCUT2D eigenvalue weighted by Crippen LogP contribution is -2.17. The molecule has 0 N–H and O–H groups in total. The molecule has 1 aliphatic carbocycles. The number of hydrogen-bond acceptors (Lipinski definition) is 3. The van der Waals surface area contributed by atoms with E-state index in [0.29, 0.717) is 11.6 Å². The maximum atomic E-state index is 8.97. The van der Waals surface area contributed by atoms with Gasteiger partial charge in [0.05, 0.1) is 29.9 Å². The lowest BCUT2D eigenvalue weighted by atomic mass is 10.2. The molecule has 21 heavy (non-hydrogen) atoms. The standard InChI is InChI=1S/C17H20N4/c1-20(17-8-4-5-14(11-17)12-18)13-15-9-10-21(19-15)16-6-2-3-7-16/h4-5,8-11,16H,2-3,6-7,13H2,1H3. The highest BCUT2D eigenvalue weighted by atomic mass is 15.3. The molecule has 3 rings (SSSR count). The first-order valence-electron chi connectivity index (χ1n) is 7.51. The number of benzene rings is 1. The molecule has 4 nitrogen and oxygen atoms in total. The summed E-state index contributed by atoms with van der Waals surface area (Å²) in [6, 6.07) is 12.5. The number of anilines is 1. The molecule has 0 radical (unpaired) electrons. The summed E-state index contributed by atoms with van der Waals surface area (Å²) in [5, 5.41) is 13.7. The first kappa shape index (κ1) is 13.7. The van der Waals surface area contributed by atoms with Crippen molar-refractivity contribution in [2.24, 2.45) is 0 Å². The van der Waals surface area contributed by atoms with Crippen LogP contribution in [0.2, 0.25) is 0 Å². The lowest BCUT2D eigenvalue weighted by molar-refractivity contribution is 0.463. The molecule has 1 heterocycles. The van der Waals surface area contributed by atoms with E-state index in [0.717, 1.165) is 17.9 Å². The summed E-state index contributed by atoms with van der Waals surface area (Å²) < 4.78 is 2.13. The highest BCUT2D eigenvalue weighted by Gasteiger charge is 2.17. The number of nitrogens with zero attached hydrogens (tertiary/aromatic N) is 4. The van der Waals surface area contributed by atoms with E-state index in [1.54, 1.807) is 0 Å². The van der Waals surface area contributed by atoms with E-state index >= 15 is 0 Å². The number of rotatable bonds is 4. The van der Waals surface area contributed by atoms with Gasteiger partial charge in [-0.3, -0.25) is 4.68 Å². The van der Waals surface area contributed by atoms with Gasteiger partial charge in [0, 0.05) is 18.9 Å². The maximum Gasteiger partial charge on any atom is 0.0992 e. The van der Waals surface area contributed by atoms with E-state index < -0.39 is 0 Å². The molecule has 1 saturated carbocycles. The van der Waals surface area contributed by atoms with Crippen molar-refractivity contribution >= 4 is 5.69 Å². The molecule has 0 unspecified atom stereocenters. The molecule has 0 spiro atoms. The number of aromatic nitrogens is 2. The molecule has 1 aromatic heterocycles. The molecular formula is C17H20N4. The van der Waals surface area contributed by atoms with E-state index in [1.807, 2.05) is 31.3 Å². The van der Waals surface area contributed by atoms with Crippen LogP contribution in [0, 0.1) is 11.3 Å². The van der Waals surface area contributed by atoms with Crippen LogP contribution in [0.25, 0.3) is 0 Å². The van der Waals surface area contributed by atoms with Crippen molar-refractivity contribution in [1.82, 2.24) is 9.78 Å². The average Bonchev–Trinajstić information content (AvgIpc) is 3.18. The van der Waals surface area contributed by atoms with Gasteiger partial charge in [-0.1, -0.05) is 18.9 Å². The van der Waals surface area contributed by atoms with Gasteiger partial charge in [-0.15, -0.1) is 0 Å². The molecule has 1 fully saturated rings. The molecule has 108 valence electrons. The van der Waals surface area contributed by atoms with Crippen LogP contribution in [0.1, 0.15) is 43.0 Å². The zero-order valence-electron chi connectivity index (χ0n) is 12.4. The zero-order valence-corrected chi connectivity index (χ0v) is 12.4. The van der Waals surface area contributed by atoms with Crippen LogP contribution < -0.4 is 4.90 Å². The van der Waals surface area contributed by atoms with Gasteiger partial charge < -0.3 is 4.90 Å². The second-order valence-electron chi connectivity index (χ2n) is 5.74. The Kier molecular flexibility index (Phi) is 3.92. The third-order valence-electron chi connectivity index (χ3n) is 4.18. The van der Waals surface area contributed by atoms with Crippen molar-refractivity contribution in [2.75, 3.05) is 11.9 Å². The molecule has 1 aliphatic rings. The van der Waals surface area contributed by atoms with Crippen LogP contribution in [0.3, 0.4) is 0 Å². The van der Waals surface area contributed by atoms with Crippen LogP contribution in [0.15, 0.2) is 36.5 Å². The molecule has 0 atom stereocenters. The number of nitriles is 1. The fraction of sp³-hybridized carbons (Fsp3) is 0.412. The molecule has 2 aromatic rings. The third kappa shape index (κ3) is 3.08. The van der Waals surface area contributed by atoms with Gasteiger partial charge in [-0.25, -0.2) is 0 Å². The van der Waals surface area contributed by atoms with Gasteiger partial charge >= 0.3 is 0 Å². The van der Waals surface area contributed by atoms with Crippen LogP contribution in [-0.2, 0) is 6.54 Å². The Morgan fingerprint density at radius 3 is 2.90 bits per heavy atom. The van der Waals surface area contributed by atoms with Crippen molar-refractivity contribution in [3.63, 3.8) is 0 Å². The zero-order chi connectivity index (χ0) is 14.7. The quantitative estimate of drug-likeness (QED) is 0.861. The van der Waals surface area contributed by atoms with Crippen molar-refractivity contribution in [2.45, 2.75) is 38.3 Å². The normalized spacial score (nSPS) is 15.0. The molecule has 0 aliphatic heterocycles. The van der Waals surface area contributed by atoms with E-state index in [-0.39, 0.29) is 0 Å². The Labute approximate surface area is 125 Å². The first-order valence-corrected chi connectivity index (χ1v) is 7.51. The SMILES string of the molecule is CN(Cc1ccn(C2CCCC2)n1)c1cccc(C#N)c1. The van der Waals surface area contributed by atoms with Crippen molar-refractivity contribution in [1.29, 1.82) is 5.26 Å². The Balaban J connectivity index is 1.69. The molecule has 0 amide bonds. The minimum atomic E-state index is 0.589. The van der Waals surface area contributed by atoms with Crippen molar-refractivity contribution < 1.29 is 0 Å². The Bertz CT molecular complexity index is 647. The fourth-order valence-corrected chi connectivity index (χ4v) is 2.98. The summed E-state index contributed by atoms with van der Waals surface area (Å²) in [6.07, 6.45) is 7.24. The summed E-state index contributed by atoms with van der Waals surface area (Å²) in [5.41, 5.74) is 2.81. The highest BCUT2D eigenvalue weighted by Crippen LogP contribution is 2.28. The maximum absolute atomic E-state index is 8.97. The smallest absolute Gasteiger partial charge is 0.0992 e. The minimum Gasteiger partial charge on any atom is -0.369 e. The average molecular weight is 280 g/mol. The molecule has 4 heteroatoms. The van der Waals surface area contributed by atoms with Gasteiger partial charge in [0.1, 0.15) is 0 Å². The van der Waals surface area contributed by atoms with Gasteiger partial charge in [0.25, 0.3) is 0 Å². The van der Waals surface area contributed by atoms with Crippen LogP contribution >= 0.6 is 0 Å². The predicted octanol–water partition coefficient (Wildman–Crippen LogP) is 3.51. The summed E-state index contributed by atoms with van der Waals surface area (Å²) in [7, 11) is 2.03. The van der Waals surface area contributed by atoms with Crippen molar-refractivity contribution in [3.8, 4) is 6.07 Å². The minimum absolute atomic E-state index is 0.589. The second kappa shape index (κ2) is 6.01. The van der Waals surface area contributed by atoms with E-state index in [2.05, 4.69) is 27.9 Å². The summed E-state index contributed by atoms with van der Waals surface area (Å²) in [5.74, 6) is 0. The van der Waals surface area contributed by atoms with Crippen molar-refractivity contribution in [3.05, 3.63) is 47.8 Å². The summed E-state index contributed by atoms with van der Waals surface area (Å²) in [6.45, 7) is 0.759. The fourth-order valence-electron chi connectivity index (χ4n) is 2.98. The van der Waals surface area contributed by atoms with Gasteiger partial charge in [-0.2, -0.15) is 10.4 Å². The Morgan fingerprint density at radius 2 is 2.14 bits per heavy atom. The Hall–Kier alpha value is -2.28. The Morgan fingerprint density at radius 1 is 1.33 bits per heavy atom.